The van der Waals surface area contributed by atoms with Crippen LogP contribution >= 0.6 is 23.2 Å². The highest BCUT2D eigenvalue weighted by molar-refractivity contribution is 6.35. The van der Waals surface area contributed by atoms with Gasteiger partial charge in [-0.3, -0.25) is 9.59 Å². The molecule has 0 N–H and O–H groups in total. The summed E-state index contributed by atoms with van der Waals surface area (Å²) >= 11 is 12.2. The largest absolute Gasteiger partial charge is 0.467 e. The van der Waals surface area contributed by atoms with Crippen LogP contribution in [0.15, 0.2) is 74.5 Å². The van der Waals surface area contributed by atoms with Gasteiger partial charge < -0.3 is 13.7 Å². The first-order valence-corrected chi connectivity index (χ1v) is 9.65. The first kappa shape index (κ1) is 20.2. The second-order valence-electron chi connectivity index (χ2n) is 6.59. The molecule has 4 aromatic rings. The van der Waals surface area contributed by atoms with E-state index in [2.05, 4.69) is 0 Å². The van der Waals surface area contributed by atoms with Gasteiger partial charge in [-0.05, 0) is 48.0 Å². The topological polar surface area (TPSA) is 63.7 Å². The third-order valence-corrected chi connectivity index (χ3v) is 5.08. The van der Waals surface area contributed by atoms with E-state index in [0.29, 0.717) is 21.4 Å². The van der Waals surface area contributed by atoms with Gasteiger partial charge in [-0.25, -0.2) is 4.39 Å². The van der Waals surface area contributed by atoms with Crippen molar-refractivity contribution in [3.8, 4) is 0 Å². The first-order chi connectivity index (χ1) is 14.4. The van der Waals surface area contributed by atoms with E-state index in [1.165, 1.54) is 17.2 Å². The van der Waals surface area contributed by atoms with Gasteiger partial charge in [0.1, 0.15) is 17.2 Å². The van der Waals surface area contributed by atoms with Gasteiger partial charge >= 0.3 is 0 Å². The molecule has 0 bridgehead atoms. The Labute approximate surface area is 180 Å². The van der Waals surface area contributed by atoms with Crippen LogP contribution in [-0.4, -0.2) is 10.8 Å². The minimum Gasteiger partial charge on any atom is -0.467 e. The molecule has 2 heterocycles. The Morgan fingerprint density at radius 2 is 1.87 bits per heavy atom. The van der Waals surface area contributed by atoms with Crippen LogP contribution in [0.4, 0.5) is 4.39 Å². The Kier molecular flexibility index (Phi) is 5.61. The van der Waals surface area contributed by atoms with Crippen LogP contribution in [0, 0.1) is 5.82 Å². The van der Waals surface area contributed by atoms with E-state index in [1.54, 1.807) is 30.3 Å². The Hall–Kier alpha value is -3.09. The summed E-state index contributed by atoms with van der Waals surface area (Å²) < 4.78 is 24.4. The highest BCUT2D eigenvalue weighted by Gasteiger charge is 2.22. The third-order valence-electron chi connectivity index (χ3n) is 4.49. The zero-order chi connectivity index (χ0) is 21.3. The van der Waals surface area contributed by atoms with Crippen molar-refractivity contribution >= 4 is 40.1 Å². The minimum absolute atomic E-state index is 0.0601. The van der Waals surface area contributed by atoms with E-state index >= 15 is 0 Å². The second kappa shape index (κ2) is 8.34. The standard InChI is InChI=1S/C22H14Cl2FNO4/c23-14-4-3-13(18(24)8-14)11-26(12-16-2-1-7-29-16)22(28)21-10-19(27)17-9-15(25)5-6-20(17)30-21/h1-10H,11-12H2. The molecule has 152 valence electrons. The van der Waals surface area contributed by atoms with Crippen LogP contribution in [0.1, 0.15) is 21.9 Å². The second-order valence-corrected chi connectivity index (χ2v) is 7.44. The van der Waals surface area contributed by atoms with Gasteiger partial charge in [-0.1, -0.05) is 29.3 Å². The summed E-state index contributed by atoms with van der Waals surface area (Å²) in [7, 11) is 0. The van der Waals surface area contributed by atoms with Gasteiger partial charge in [-0.15, -0.1) is 0 Å². The lowest BCUT2D eigenvalue weighted by Gasteiger charge is -2.22. The number of hydrogen-bond donors (Lipinski definition) is 0. The molecule has 0 unspecified atom stereocenters. The summed E-state index contributed by atoms with van der Waals surface area (Å²) in [6.07, 6.45) is 1.50. The fourth-order valence-electron chi connectivity index (χ4n) is 3.04. The number of nitrogens with zero attached hydrogens (tertiary/aromatic N) is 1. The molecule has 0 saturated carbocycles. The van der Waals surface area contributed by atoms with Crippen LogP contribution in [0.2, 0.25) is 10.0 Å². The van der Waals surface area contributed by atoms with Gasteiger partial charge in [-0.2, -0.15) is 0 Å². The molecular weight excluding hydrogens is 432 g/mol. The molecule has 30 heavy (non-hydrogen) atoms. The molecule has 1 amide bonds. The summed E-state index contributed by atoms with van der Waals surface area (Å²) in [6, 6.07) is 13.0. The molecule has 8 heteroatoms. The van der Waals surface area contributed by atoms with Crippen molar-refractivity contribution in [1.29, 1.82) is 0 Å². The molecular formula is C22H14Cl2FNO4. The number of furan rings is 1. The SMILES string of the molecule is O=C(c1cc(=O)c2cc(F)ccc2o1)N(Cc1ccco1)Cc1ccc(Cl)cc1Cl. The van der Waals surface area contributed by atoms with Gasteiger partial charge in [0.2, 0.25) is 0 Å². The lowest BCUT2D eigenvalue weighted by atomic mass is 10.1. The van der Waals surface area contributed by atoms with E-state index in [9.17, 15) is 14.0 Å². The van der Waals surface area contributed by atoms with Crippen molar-refractivity contribution < 1.29 is 18.0 Å². The summed E-state index contributed by atoms with van der Waals surface area (Å²) in [6.45, 7) is 0.247. The molecule has 0 saturated heterocycles. The number of halogens is 3. The summed E-state index contributed by atoms with van der Waals surface area (Å²) in [5, 5.41) is 0.931. The molecule has 0 aliphatic heterocycles. The highest BCUT2D eigenvalue weighted by Crippen LogP contribution is 2.24. The van der Waals surface area contributed by atoms with Crippen LogP contribution in [0.25, 0.3) is 11.0 Å². The monoisotopic (exact) mass is 445 g/mol. The van der Waals surface area contributed by atoms with Crippen molar-refractivity contribution in [3.63, 3.8) is 0 Å². The van der Waals surface area contributed by atoms with Crippen molar-refractivity contribution in [2.45, 2.75) is 13.1 Å². The van der Waals surface area contributed by atoms with E-state index in [0.717, 1.165) is 18.2 Å². The number of hydrogen-bond acceptors (Lipinski definition) is 4. The van der Waals surface area contributed by atoms with Gasteiger partial charge in [0.25, 0.3) is 5.91 Å². The fraction of sp³-hybridized carbons (Fsp3) is 0.0909. The minimum atomic E-state index is -0.564. The first-order valence-electron chi connectivity index (χ1n) is 8.90. The van der Waals surface area contributed by atoms with Gasteiger partial charge in [0.15, 0.2) is 11.2 Å². The summed E-state index contributed by atoms with van der Waals surface area (Å²) in [5.74, 6) is -0.735. The average molecular weight is 446 g/mol. The van der Waals surface area contributed by atoms with Crippen molar-refractivity contribution in [2.75, 3.05) is 0 Å². The molecule has 0 aliphatic carbocycles. The molecule has 0 fully saturated rings. The Balaban J connectivity index is 1.72. The van der Waals surface area contributed by atoms with E-state index < -0.39 is 17.2 Å². The molecule has 0 radical (unpaired) electrons. The van der Waals surface area contributed by atoms with Gasteiger partial charge in [0.05, 0.1) is 18.2 Å². The van der Waals surface area contributed by atoms with E-state index in [1.807, 2.05) is 0 Å². The number of rotatable bonds is 5. The Bertz CT molecular complexity index is 1280. The number of fused-ring (bicyclic) bond motifs is 1. The Morgan fingerprint density at radius 1 is 1.03 bits per heavy atom. The normalized spacial score (nSPS) is 11.0. The maximum absolute atomic E-state index is 13.4. The lowest BCUT2D eigenvalue weighted by Crippen LogP contribution is -2.30. The summed E-state index contributed by atoms with van der Waals surface area (Å²) in [5.41, 5.74) is 0.266. The molecule has 0 aliphatic rings. The predicted molar refractivity (Wildman–Crippen MR) is 111 cm³/mol. The zero-order valence-corrected chi connectivity index (χ0v) is 16.9. The lowest BCUT2D eigenvalue weighted by molar-refractivity contribution is 0.0686. The molecule has 0 spiro atoms. The molecule has 2 aromatic heterocycles. The average Bonchev–Trinajstić information content (AvgIpc) is 3.22. The Morgan fingerprint density at radius 3 is 2.60 bits per heavy atom. The zero-order valence-electron chi connectivity index (χ0n) is 15.4. The fourth-order valence-corrected chi connectivity index (χ4v) is 3.50. The van der Waals surface area contributed by atoms with Crippen molar-refractivity contribution in [1.82, 2.24) is 4.90 Å². The van der Waals surface area contributed by atoms with Crippen LogP contribution in [-0.2, 0) is 13.1 Å². The predicted octanol–water partition coefficient (Wildman–Crippen LogP) is 5.67. The molecule has 5 nitrogen and oxygen atoms in total. The van der Waals surface area contributed by atoms with Gasteiger partial charge in [0, 0.05) is 22.7 Å². The molecule has 2 aromatic carbocycles. The molecule has 0 atom stereocenters. The van der Waals surface area contributed by atoms with Crippen LogP contribution in [0.3, 0.4) is 0 Å². The smallest absolute Gasteiger partial charge is 0.290 e. The molecule has 4 rings (SSSR count). The van der Waals surface area contributed by atoms with Crippen LogP contribution in [0.5, 0.6) is 0 Å². The maximum atomic E-state index is 13.4. The van der Waals surface area contributed by atoms with Crippen molar-refractivity contribution in [3.05, 3.63) is 104 Å². The number of carbonyl (C=O) groups excluding carboxylic acids is 1. The van der Waals surface area contributed by atoms with Crippen LogP contribution < -0.4 is 5.43 Å². The highest BCUT2D eigenvalue weighted by atomic mass is 35.5. The van der Waals surface area contributed by atoms with E-state index in [-0.39, 0.29) is 29.8 Å². The number of amides is 1. The maximum Gasteiger partial charge on any atom is 0.290 e. The summed E-state index contributed by atoms with van der Waals surface area (Å²) in [4.78, 5) is 27.1. The number of carbonyl (C=O) groups is 1. The number of benzene rings is 2. The van der Waals surface area contributed by atoms with E-state index in [4.69, 9.17) is 32.0 Å². The third kappa shape index (κ3) is 4.25. The van der Waals surface area contributed by atoms with Crippen molar-refractivity contribution in [2.24, 2.45) is 0 Å². The quantitative estimate of drug-likeness (QED) is 0.396.